The molecule has 40 heavy (non-hydrogen) atoms. The Hall–Kier alpha value is -5.48. The Morgan fingerprint density at radius 3 is 1.32 bits per heavy atom. The molecule has 0 aliphatic rings. The van der Waals surface area contributed by atoms with Crippen molar-refractivity contribution in [3.8, 4) is 22.3 Å². The Kier molecular flexibility index (Phi) is 4.79. The van der Waals surface area contributed by atoms with Crippen LogP contribution < -0.4 is 11.3 Å². The zero-order valence-corrected chi connectivity index (χ0v) is 21.2. The fourth-order valence-electron chi connectivity index (χ4n) is 5.73. The second-order valence-corrected chi connectivity index (χ2v) is 10.1. The highest BCUT2D eigenvalue weighted by Gasteiger charge is 2.13. The minimum Gasteiger partial charge on any atom is -0.422 e. The van der Waals surface area contributed by atoms with Crippen LogP contribution in [0.1, 0.15) is 0 Å². The molecule has 0 aliphatic heterocycles. The standard InChI is InChI=1S/C36H20O4/c37-35-29(19-31-27-7-3-1-5-22(27)13-15-33(31)39-35)24-11-9-21-10-12-25(18-26(21)17-24)30-20-32-28-8-4-2-6-23(28)14-16-34(32)40-36(30)38/h1-20H. The highest BCUT2D eigenvalue weighted by atomic mass is 16.4. The summed E-state index contributed by atoms with van der Waals surface area (Å²) in [4.78, 5) is 26.1. The van der Waals surface area contributed by atoms with Crippen molar-refractivity contribution in [1.29, 1.82) is 0 Å². The third kappa shape index (κ3) is 3.47. The molecule has 0 spiro atoms. The lowest BCUT2D eigenvalue weighted by atomic mass is 9.97. The van der Waals surface area contributed by atoms with Crippen molar-refractivity contribution in [1.82, 2.24) is 0 Å². The van der Waals surface area contributed by atoms with Crippen LogP contribution in [0.4, 0.5) is 0 Å². The fourth-order valence-corrected chi connectivity index (χ4v) is 5.73. The molecule has 188 valence electrons. The van der Waals surface area contributed by atoms with Gasteiger partial charge in [0.1, 0.15) is 11.2 Å². The summed E-state index contributed by atoms with van der Waals surface area (Å²) in [5, 5.41) is 7.92. The van der Waals surface area contributed by atoms with Gasteiger partial charge in [-0.3, -0.25) is 0 Å². The number of benzene rings is 6. The van der Waals surface area contributed by atoms with Gasteiger partial charge in [-0.2, -0.15) is 0 Å². The fraction of sp³-hybridized carbons (Fsp3) is 0. The lowest BCUT2D eigenvalue weighted by Crippen LogP contribution is -2.03. The maximum absolute atomic E-state index is 13.1. The molecule has 2 heterocycles. The molecule has 8 aromatic rings. The number of hydrogen-bond acceptors (Lipinski definition) is 4. The quantitative estimate of drug-likeness (QED) is 0.170. The Morgan fingerprint density at radius 2 is 0.825 bits per heavy atom. The van der Waals surface area contributed by atoms with Crippen LogP contribution in [0.3, 0.4) is 0 Å². The molecular weight excluding hydrogens is 496 g/mol. The van der Waals surface area contributed by atoms with Gasteiger partial charge in [-0.05, 0) is 79.8 Å². The van der Waals surface area contributed by atoms with E-state index in [1.54, 1.807) is 0 Å². The van der Waals surface area contributed by atoms with E-state index in [1.165, 1.54) is 0 Å². The molecule has 0 aliphatic carbocycles. The van der Waals surface area contributed by atoms with Crippen molar-refractivity contribution in [2.24, 2.45) is 0 Å². The van der Waals surface area contributed by atoms with Crippen LogP contribution in [0, 0.1) is 0 Å². The summed E-state index contributed by atoms with van der Waals surface area (Å²) in [6.45, 7) is 0. The predicted octanol–water partition coefficient (Wildman–Crippen LogP) is 8.69. The summed E-state index contributed by atoms with van der Waals surface area (Å²) < 4.78 is 11.5. The van der Waals surface area contributed by atoms with Gasteiger partial charge in [0, 0.05) is 10.8 Å². The Morgan fingerprint density at radius 1 is 0.375 bits per heavy atom. The molecule has 0 N–H and O–H groups in total. The minimum absolute atomic E-state index is 0.389. The van der Waals surface area contributed by atoms with E-state index in [1.807, 2.05) is 121 Å². The highest BCUT2D eigenvalue weighted by Crippen LogP contribution is 2.32. The van der Waals surface area contributed by atoms with E-state index in [2.05, 4.69) is 0 Å². The van der Waals surface area contributed by atoms with Gasteiger partial charge >= 0.3 is 11.3 Å². The van der Waals surface area contributed by atoms with E-state index in [4.69, 9.17) is 8.83 Å². The molecule has 0 fully saturated rings. The molecule has 0 saturated carbocycles. The third-order valence-corrected chi connectivity index (χ3v) is 7.75. The summed E-state index contributed by atoms with van der Waals surface area (Å²) in [6.07, 6.45) is 0. The maximum atomic E-state index is 13.1. The van der Waals surface area contributed by atoms with Gasteiger partial charge < -0.3 is 8.83 Å². The maximum Gasteiger partial charge on any atom is 0.344 e. The Balaban J connectivity index is 1.31. The summed E-state index contributed by atoms with van der Waals surface area (Å²) in [5.74, 6) is 0. The van der Waals surface area contributed by atoms with E-state index < -0.39 is 0 Å². The molecule has 6 aromatic carbocycles. The molecule has 0 saturated heterocycles. The van der Waals surface area contributed by atoms with Gasteiger partial charge in [-0.15, -0.1) is 0 Å². The molecule has 0 unspecified atom stereocenters. The first-order valence-electron chi connectivity index (χ1n) is 13.1. The number of hydrogen-bond donors (Lipinski definition) is 0. The van der Waals surface area contributed by atoms with Crippen LogP contribution in [0.25, 0.3) is 76.5 Å². The normalized spacial score (nSPS) is 11.7. The highest BCUT2D eigenvalue weighted by molar-refractivity contribution is 6.08. The van der Waals surface area contributed by atoms with Crippen LogP contribution in [0.15, 0.2) is 140 Å². The van der Waals surface area contributed by atoms with Gasteiger partial charge in [0.15, 0.2) is 0 Å². The SMILES string of the molecule is O=c1oc2ccc3ccccc3c2cc1-c1ccc2ccc(-c3cc4c(ccc5ccccc54)oc3=O)cc2c1. The first-order chi connectivity index (χ1) is 19.6. The van der Waals surface area contributed by atoms with E-state index in [-0.39, 0.29) is 11.3 Å². The Bertz CT molecular complexity index is 2260. The first kappa shape index (κ1) is 22.5. The van der Waals surface area contributed by atoms with Crippen LogP contribution in [-0.4, -0.2) is 0 Å². The summed E-state index contributed by atoms with van der Waals surface area (Å²) in [7, 11) is 0. The van der Waals surface area contributed by atoms with Crippen molar-refractivity contribution < 1.29 is 8.83 Å². The summed E-state index contributed by atoms with van der Waals surface area (Å²) in [6, 6.07) is 39.3. The lowest BCUT2D eigenvalue weighted by Gasteiger charge is -2.09. The molecule has 0 radical (unpaired) electrons. The van der Waals surface area contributed by atoms with Crippen LogP contribution >= 0.6 is 0 Å². The number of rotatable bonds is 2. The van der Waals surface area contributed by atoms with Crippen molar-refractivity contribution in [3.05, 3.63) is 142 Å². The van der Waals surface area contributed by atoms with E-state index in [0.29, 0.717) is 22.3 Å². The van der Waals surface area contributed by atoms with E-state index >= 15 is 0 Å². The van der Waals surface area contributed by atoms with E-state index in [0.717, 1.165) is 54.2 Å². The van der Waals surface area contributed by atoms with Gasteiger partial charge in [-0.1, -0.05) is 84.9 Å². The number of fused-ring (bicyclic) bond motifs is 7. The zero-order chi connectivity index (χ0) is 26.8. The van der Waals surface area contributed by atoms with Crippen molar-refractivity contribution in [2.45, 2.75) is 0 Å². The average Bonchev–Trinajstić information content (AvgIpc) is 2.99. The van der Waals surface area contributed by atoms with Crippen molar-refractivity contribution >= 4 is 54.3 Å². The molecule has 0 bridgehead atoms. The van der Waals surface area contributed by atoms with Gasteiger partial charge in [0.05, 0.1) is 11.1 Å². The van der Waals surface area contributed by atoms with Gasteiger partial charge in [-0.25, -0.2) is 9.59 Å². The molecule has 4 heteroatoms. The molecule has 0 atom stereocenters. The van der Waals surface area contributed by atoms with Crippen molar-refractivity contribution in [3.63, 3.8) is 0 Å². The molecular formula is C36H20O4. The van der Waals surface area contributed by atoms with Crippen LogP contribution in [-0.2, 0) is 0 Å². The van der Waals surface area contributed by atoms with E-state index in [9.17, 15) is 9.59 Å². The molecule has 4 nitrogen and oxygen atoms in total. The molecule has 0 amide bonds. The third-order valence-electron chi connectivity index (χ3n) is 7.75. The molecule has 2 aromatic heterocycles. The van der Waals surface area contributed by atoms with Crippen LogP contribution in [0.2, 0.25) is 0 Å². The zero-order valence-electron chi connectivity index (χ0n) is 21.2. The second kappa shape index (κ2) is 8.52. The first-order valence-corrected chi connectivity index (χ1v) is 13.1. The molecule has 8 rings (SSSR count). The predicted molar refractivity (Wildman–Crippen MR) is 162 cm³/mol. The second-order valence-electron chi connectivity index (χ2n) is 10.1. The topological polar surface area (TPSA) is 60.4 Å². The summed E-state index contributed by atoms with van der Waals surface area (Å²) >= 11 is 0. The van der Waals surface area contributed by atoms with Gasteiger partial charge in [0.2, 0.25) is 0 Å². The largest absolute Gasteiger partial charge is 0.422 e. The van der Waals surface area contributed by atoms with Gasteiger partial charge in [0.25, 0.3) is 0 Å². The average molecular weight is 517 g/mol. The minimum atomic E-state index is -0.389. The smallest absolute Gasteiger partial charge is 0.344 e. The summed E-state index contributed by atoms with van der Waals surface area (Å²) in [5.41, 5.74) is 2.84. The monoisotopic (exact) mass is 516 g/mol. The lowest BCUT2D eigenvalue weighted by molar-refractivity contribution is 0.563. The van der Waals surface area contributed by atoms with Crippen LogP contribution in [0.5, 0.6) is 0 Å². The van der Waals surface area contributed by atoms with Crippen molar-refractivity contribution in [2.75, 3.05) is 0 Å². The Labute approximate surface area is 227 Å².